The van der Waals surface area contributed by atoms with Crippen LogP contribution in [0.1, 0.15) is 12.0 Å². The molecule has 0 spiro atoms. The average Bonchev–Trinajstić information content (AvgIpc) is 2.42. The molecular weight excluding hydrogens is 232 g/mol. The van der Waals surface area contributed by atoms with E-state index in [1.807, 2.05) is 30.3 Å². The predicted octanol–water partition coefficient (Wildman–Crippen LogP) is 0.348. The monoisotopic (exact) mass is 252 g/mol. The van der Waals surface area contributed by atoms with Crippen molar-refractivity contribution in [2.45, 2.75) is 31.2 Å². The van der Waals surface area contributed by atoms with Gasteiger partial charge in [-0.05, 0) is 18.4 Å². The number of rotatable bonds is 4. The fourth-order valence-electron chi connectivity index (χ4n) is 2.35. The van der Waals surface area contributed by atoms with Gasteiger partial charge >= 0.3 is 0 Å². The summed E-state index contributed by atoms with van der Waals surface area (Å²) < 4.78 is 5.35. The zero-order chi connectivity index (χ0) is 13.0. The lowest BCUT2D eigenvalue weighted by molar-refractivity contribution is -0.175. The molecular formula is C14H20O4. The average molecular weight is 252 g/mol. The maximum absolute atomic E-state index is 9.98. The normalized spacial score (nSPS) is 32.4. The van der Waals surface area contributed by atoms with Gasteiger partial charge in [0.05, 0.1) is 19.3 Å². The summed E-state index contributed by atoms with van der Waals surface area (Å²) >= 11 is 0. The summed E-state index contributed by atoms with van der Waals surface area (Å²) in [5.74, 6) is -0.0805. The first kappa shape index (κ1) is 13.5. The molecule has 0 bridgehead atoms. The lowest BCUT2D eigenvalue weighted by atomic mass is 9.88. The van der Waals surface area contributed by atoms with Crippen LogP contribution in [0.3, 0.4) is 0 Å². The van der Waals surface area contributed by atoms with Gasteiger partial charge in [0.2, 0.25) is 0 Å². The second-order valence-electron chi connectivity index (χ2n) is 4.82. The van der Waals surface area contributed by atoms with Gasteiger partial charge < -0.3 is 20.1 Å². The molecule has 1 aromatic rings. The molecule has 4 atom stereocenters. The molecule has 100 valence electrons. The molecule has 3 N–H and O–H groups in total. The third kappa shape index (κ3) is 3.09. The number of hydrogen-bond donors (Lipinski definition) is 3. The summed E-state index contributed by atoms with van der Waals surface area (Å²) in [4.78, 5) is 0. The zero-order valence-corrected chi connectivity index (χ0v) is 10.3. The van der Waals surface area contributed by atoms with Crippen LogP contribution >= 0.6 is 0 Å². The molecule has 1 saturated heterocycles. The fraction of sp³-hybridized carbons (Fsp3) is 0.571. The van der Waals surface area contributed by atoms with E-state index in [0.717, 1.165) is 12.8 Å². The minimum absolute atomic E-state index is 0.0805. The van der Waals surface area contributed by atoms with Crippen LogP contribution < -0.4 is 0 Å². The lowest BCUT2D eigenvalue weighted by Gasteiger charge is -2.37. The highest BCUT2D eigenvalue weighted by Crippen LogP contribution is 2.24. The van der Waals surface area contributed by atoms with Gasteiger partial charge in [0.1, 0.15) is 12.2 Å². The van der Waals surface area contributed by atoms with Crippen molar-refractivity contribution >= 4 is 0 Å². The van der Waals surface area contributed by atoms with E-state index in [9.17, 15) is 10.2 Å². The Kier molecular flexibility index (Phi) is 4.72. The Balaban J connectivity index is 1.87. The van der Waals surface area contributed by atoms with Gasteiger partial charge in [-0.1, -0.05) is 30.3 Å². The molecule has 0 aromatic heterocycles. The summed E-state index contributed by atoms with van der Waals surface area (Å²) in [5, 5.41) is 28.7. The van der Waals surface area contributed by atoms with E-state index in [2.05, 4.69) is 0 Å². The standard InChI is InChI=1S/C14H20O4/c15-8-12-14(17)13(16)11(9-18-12)7-6-10-4-2-1-3-5-10/h1-5,11-17H,6-9H2/t11-,12+,13+,14-/m0/s1. The van der Waals surface area contributed by atoms with Crippen LogP contribution in [0.25, 0.3) is 0 Å². The highest BCUT2D eigenvalue weighted by atomic mass is 16.5. The quantitative estimate of drug-likeness (QED) is 0.723. The molecule has 1 fully saturated rings. The Morgan fingerprint density at radius 1 is 1.11 bits per heavy atom. The summed E-state index contributed by atoms with van der Waals surface area (Å²) in [5.41, 5.74) is 1.21. The van der Waals surface area contributed by atoms with E-state index < -0.39 is 18.3 Å². The van der Waals surface area contributed by atoms with Crippen molar-refractivity contribution < 1.29 is 20.1 Å². The summed E-state index contributed by atoms with van der Waals surface area (Å²) in [7, 11) is 0. The highest BCUT2D eigenvalue weighted by molar-refractivity contribution is 5.14. The van der Waals surface area contributed by atoms with Gasteiger partial charge in [-0.25, -0.2) is 0 Å². The van der Waals surface area contributed by atoms with Crippen molar-refractivity contribution in [1.29, 1.82) is 0 Å². The molecule has 1 aromatic carbocycles. The van der Waals surface area contributed by atoms with Crippen LogP contribution in [0.5, 0.6) is 0 Å². The summed E-state index contributed by atoms with van der Waals surface area (Å²) in [6.45, 7) is 0.125. The molecule has 0 aliphatic carbocycles. The van der Waals surface area contributed by atoms with Crippen LogP contribution in [0.2, 0.25) is 0 Å². The van der Waals surface area contributed by atoms with E-state index in [-0.39, 0.29) is 12.5 Å². The van der Waals surface area contributed by atoms with Gasteiger partial charge in [-0.2, -0.15) is 0 Å². The molecule has 1 aliphatic rings. The van der Waals surface area contributed by atoms with E-state index in [1.54, 1.807) is 0 Å². The molecule has 18 heavy (non-hydrogen) atoms. The number of aryl methyl sites for hydroxylation is 1. The van der Waals surface area contributed by atoms with Crippen molar-refractivity contribution in [3.05, 3.63) is 35.9 Å². The lowest BCUT2D eigenvalue weighted by Crippen LogP contribution is -2.51. The molecule has 0 unspecified atom stereocenters. The van der Waals surface area contributed by atoms with Gasteiger partial charge in [0.15, 0.2) is 0 Å². The topological polar surface area (TPSA) is 69.9 Å². The molecule has 1 heterocycles. The minimum Gasteiger partial charge on any atom is -0.394 e. The number of aliphatic hydroxyl groups excluding tert-OH is 3. The van der Waals surface area contributed by atoms with Gasteiger partial charge in [-0.15, -0.1) is 0 Å². The zero-order valence-electron chi connectivity index (χ0n) is 10.3. The van der Waals surface area contributed by atoms with Crippen LogP contribution in [0, 0.1) is 5.92 Å². The second kappa shape index (κ2) is 6.29. The Morgan fingerprint density at radius 2 is 1.83 bits per heavy atom. The first-order valence-corrected chi connectivity index (χ1v) is 6.35. The number of ether oxygens (including phenoxy) is 1. The Hall–Kier alpha value is -0.940. The molecule has 1 aliphatic heterocycles. The molecule has 0 saturated carbocycles. The maximum Gasteiger partial charge on any atom is 0.109 e. The van der Waals surface area contributed by atoms with Crippen molar-refractivity contribution in [3.8, 4) is 0 Å². The predicted molar refractivity (Wildman–Crippen MR) is 67.1 cm³/mol. The third-order valence-electron chi connectivity index (χ3n) is 3.56. The summed E-state index contributed by atoms with van der Waals surface area (Å²) in [6.07, 6.45) is -0.861. The van der Waals surface area contributed by atoms with Gasteiger partial charge in [-0.3, -0.25) is 0 Å². The van der Waals surface area contributed by atoms with Crippen molar-refractivity contribution in [2.75, 3.05) is 13.2 Å². The second-order valence-corrected chi connectivity index (χ2v) is 4.82. The smallest absolute Gasteiger partial charge is 0.109 e. The molecule has 4 nitrogen and oxygen atoms in total. The Morgan fingerprint density at radius 3 is 2.50 bits per heavy atom. The first-order chi connectivity index (χ1) is 8.72. The van der Waals surface area contributed by atoms with Crippen LogP contribution in [0.4, 0.5) is 0 Å². The maximum atomic E-state index is 9.98. The largest absolute Gasteiger partial charge is 0.394 e. The van der Waals surface area contributed by atoms with Gasteiger partial charge in [0, 0.05) is 5.92 Å². The SMILES string of the molecule is OC[C@H]1OC[C@H](CCc2ccccc2)[C@@H](O)[C@H]1O. The minimum atomic E-state index is -0.996. The molecule has 0 amide bonds. The van der Waals surface area contributed by atoms with E-state index in [1.165, 1.54) is 5.56 Å². The van der Waals surface area contributed by atoms with Crippen LogP contribution in [0.15, 0.2) is 30.3 Å². The van der Waals surface area contributed by atoms with Crippen LogP contribution in [-0.2, 0) is 11.2 Å². The number of benzene rings is 1. The summed E-state index contributed by atoms with van der Waals surface area (Å²) in [6, 6.07) is 10.0. The van der Waals surface area contributed by atoms with Gasteiger partial charge in [0.25, 0.3) is 0 Å². The fourth-order valence-corrected chi connectivity index (χ4v) is 2.35. The van der Waals surface area contributed by atoms with Crippen molar-refractivity contribution in [1.82, 2.24) is 0 Å². The van der Waals surface area contributed by atoms with E-state index in [0.29, 0.717) is 6.61 Å². The van der Waals surface area contributed by atoms with Crippen LogP contribution in [-0.4, -0.2) is 46.8 Å². The number of hydrogen-bond acceptors (Lipinski definition) is 4. The molecule has 0 radical (unpaired) electrons. The van der Waals surface area contributed by atoms with E-state index >= 15 is 0 Å². The molecule has 4 heteroatoms. The Bertz CT molecular complexity index is 354. The van der Waals surface area contributed by atoms with Crippen molar-refractivity contribution in [2.24, 2.45) is 5.92 Å². The molecule has 2 rings (SSSR count). The third-order valence-corrected chi connectivity index (χ3v) is 3.56. The van der Waals surface area contributed by atoms with E-state index in [4.69, 9.17) is 9.84 Å². The highest BCUT2D eigenvalue weighted by Gasteiger charge is 2.37. The Labute approximate surface area is 107 Å². The number of aliphatic hydroxyl groups is 3. The van der Waals surface area contributed by atoms with Crippen molar-refractivity contribution in [3.63, 3.8) is 0 Å². The first-order valence-electron chi connectivity index (χ1n) is 6.35.